The molecule has 2 saturated heterocycles. The van der Waals surface area contributed by atoms with Gasteiger partial charge < -0.3 is 55.2 Å². The molecule has 7 aliphatic rings. The van der Waals surface area contributed by atoms with Crippen LogP contribution in [0.5, 0.6) is 0 Å². The van der Waals surface area contributed by atoms with Crippen molar-refractivity contribution in [1.82, 2.24) is 35.7 Å². The van der Waals surface area contributed by atoms with E-state index in [4.69, 9.17) is 39.2 Å². The average Bonchev–Trinajstić information content (AvgIpc) is 1.69. The van der Waals surface area contributed by atoms with Crippen LogP contribution < -0.4 is 50.4 Å². The Hall–Kier alpha value is -7.40. The lowest BCUT2D eigenvalue weighted by Gasteiger charge is -2.29. The maximum atomic E-state index is 12.5. The highest BCUT2D eigenvalue weighted by atomic mass is 32.2. The van der Waals surface area contributed by atoms with E-state index in [-0.39, 0.29) is 151 Å². The number of likely N-dealkylation sites (N-methyl/N-ethyl adjacent to an activating group) is 1. The number of nitrogens with two attached hydrogens (primary N) is 6. The fourth-order valence-electron chi connectivity index (χ4n) is 11.4. The highest BCUT2D eigenvalue weighted by Gasteiger charge is 2.42. The lowest BCUT2D eigenvalue weighted by Crippen LogP contribution is -2.41. The van der Waals surface area contributed by atoms with E-state index >= 15 is 0 Å². The number of hydrogen-bond donors (Lipinski definition) is 11. The summed E-state index contributed by atoms with van der Waals surface area (Å²) < 4.78 is 0. The molecule has 5 atom stereocenters. The van der Waals surface area contributed by atoms with Gasteiger partial charge in [-0.15, -0.1) is 16.8 Å². The number of thiol groups is 2. The van der Waals surface area contributed by atoms with Gasteiger partial charge in [0, 0.05) is 145 Å². The van der Waals surface area contributed by atoms with Crippen molar-refractivity contribution >= 4 is 137 Å². The molecular formula is C62H95N13O18S3. The smallest absolute Gasteiger partial charge is 0.336 e. The van der Waals surface area contributed by atoms with Crippen molar-refractivity contribution in [2.75, 3.05) is 58.0 Å². The number of primary amides is 3. The van der Waals surface area contributed by atoms with E-state index in [0.29, 0.717) is 74.2 Å². The molecule has 34 heteroatoms. The number of carbonyl (C=O) groups excluding carboxylic acids is 17. The predicted octanol–water partition coefficient (Wildman–Crippen LogP) is -1.70. The highest BCUT2D eigenvalue weighted by Crippen LogP contribution is 2.34. The Bertz CT molecular complexity index is 2840. The zero-order valence-electron chi connectivity index (χ0n) is 54.7. The molecule has 2 unspecified atom stereocenters. The third-order valence-corrected chi connectivity index (χ3v) is 19.5. The summed E-state index contributed by atoms with van der Waals surface area (Å²) in [4.78, 5) is 203. The van der Waals surface area contributed by atoms with Crippen LogP contribution in [0, 0.1) is 41.4 Å². The number of ketones is 2. The second kappa shape index (κ2) is 42.3. The second-order valence-corrected chi connectivity index (χ2v) is 26.3. The zero-order valence-corrected chi connectivity index (χ0v) is 57.3. The van der Waals surface area contributed by atoms with Crippen molar-refractivity contribution in [3.8, 4) is 0 Å². The molecule has 4 heterocycles. The maximum Gasteiger partial charge on any atom is 0.336 e. The molecule has 4 aliphatic heterocycles. The summed E-state index contributed by atoms with van der Waals surface area (Å²) in [6.07, 6.45) is 15.7. The first-order valence-corrected chi connectivity index (χ1v) is 34.4. The molecule has 3 saturated carbocycles. The summed E-state index contributed by atoms with van der Waals surface area (Å²) in [6, 6.07) is -1.89. The van der Waals surface area contributed by atoms with E-state index < -0.39 is 64.8 Å². The van der Waals surface area contributed by atoms with Crippen molar-refractivity contribution < 1.29 is 86.3 Å². The minimum absolute atomic E-state index is 0.0377. The second-order valence-electron chi connectivity index (χ2n) is 24.3. The van der Waals surface area contributed by atoms with Gasteiger partial charge in [-0.1, -0.05) is 0 Å². The number of Topliss-reactive ketones (excluding diaryl/α,β-unsaturated/α-hetero) is 2. The number of hydroxylamine groups is 2. The van der Waals surface area contributed by atoms with E-state index in [9.17, 15) is 81.5 Å². The predicted molar refractivity (Wildman–Crippen MR) is 355 cm³/mol. The van der Waals surface area contributed by atoms with Crippen LogP contribution in [0.4, 0.5) is 0 Å². The number of nitrogens with one attached hydrogen (secondary N) is 3. The van der Waals surface area contributed by atoms with Crippen molar-refractivity contribution in [2.45, 2.75) is 158 Å². The number of likely N-dealkylation sites (tertiary alicyclic amines) is 1. The van der Waals surface area contributed by atoms with Gasteiger partial charge in [-0.05, 0) is 108 Å². The lowest BCUT2D eigenvalue weighted by molar-refractivity contribution is -0.201. The van der Waals surface area contributed by atoms with E-state index in [1.165, 1.54) is 57.8 Å². The first kappa shape index (κ1) is 82.8. The molecule has 15 N–H and O–H groups in total. The van der Waals surface area contributed by atoms with E-state index in [1.54, 1.807) is 14.1 Å². The molecule has 0 spiro atoms. The Labute approximate surface area is 573 Å². The monoisotopic (exact) mass is 1410 g/mol. The van der Waals surface area contributed by atoms with Crippen molar-refractivity contribution in [3.63, 3.8) is 0 Å². The van der Waals surface area contributed by atoms with Crippen molar-refractivity contribution in [2.24, 2.45) is 75.8 Å². The number of amides is 14. The van der Waals surface area contributed by atoms with Crippen LogP contribution in [0.25, 0.3) is 0 Å². The normalized spacial score (nSPS) is 23.4. The van der Waals surface area contributed by atoms with Gasteiger partial charge in [0.25, 0.3) is 35.4 Å². The minimum atomic E-state index is -0.693. The SMILES string of the molecule is CNC(=O)C(N)CSC1CC(=O)N(CC2CCC(C(=O)NC)CC2)C1=O.CNC(=O)C1CCC(CN2C(=O)C=CC2=O)CC1.NC(=O)CCC(=O)[C@H](N)CS.NC(=O)CC[C@H](CCC(=O)[C@@H](N)CS)C(N)=O.O=C(ON1C(=O)CCC1=O)C1CCC(CN2C(=O)C=CC2=O)CC1. The molecule has 3 aliphatic carbocycles. The van der Waals surface area contributed by atoms with Crippen molar-refractivity contribution in [1.29, 1.82) is 0 Å². The summed E-state index contributed by atoms with van der Waals surface area (Å²) in [5.41, 5.74) is 31.5. The van der Waals surface area contributed by atoms with Gasteiger partial charge in [0.2, 0.25) is 47.3 Å². The van der Waals surface area contributed by atoms with Crippen LogP contribution in [0.3, 0.4) is 0 Å². The molecule has 96 heavy (non-hydrogen) atoms. The fourth-order valence-corrected chi connectivity index (χ4v) is 12.9. The van der Waals surface area contributed by atoms with Crippen molar-refractivity contribution in [3.05, 3.63) is 24.3 Å². The highest BCUT2D eigenvalue weighted by molar-refractivity contribution is 8.00. The first-order valence-electron chi connectivity index (χ1n) is 32.0. The summed E-state index contributed by atoms with van der Waals surface area (Å²) in [5.74, 6) is -3.99. The standard InChI is InChI=1S/C17H28N4O4S.C16H18N2O6.C13H18N2O3.C10H19N3O3S.C6H12N2O2S/c1-19-15(23)11-5-3-10(4-6-11)8-21-14(22)7-13(17(21)25)26-9-12(18)16(24)20-2;19-12-5-6-13(20)17(12)9-10-1-3-11(4-2-10)16(23)24-18-14(21)7-8-15(18)22;1-14-13(18)10-4-2-9(3-5-10)8-15-11(16)6-7-12(15)17;11-7(5-17)8(14)3-1-6(10(13)16)2-4-9(12)15;7-4(3-11)5(9)1-2-6(8)10/h10-13H,3-9,18H2,1-2H3,(H,19,23)(H,20,24);5-6,10-11H,1-4,7-9H2;6-7,9-10H,2-5,8H2,1H3,(H,14,18);6-7,17H,1-5,11H2,(H2,12,15)(H2,13,16);4,11H,1-3,7H2,(H2,8,10)/t;;;6-,7-;4-/m...01/s1. The third kappa shape index (κ3) is 27.6. The number of hydrogen-bond acceptors (Lipinski definition) is 24. The number of nitrogens with zero attached hydrogens (tertiary/aromatic N) is 4. The van der Waals surface area contributed by atoms with Crippen LogP contribution in [0.15, 0.2) is 24.3 Å². The number of rotatable bonds is 28. The van der Waals surface area contributed by atoms with Gasteiger partial charge in [-0.3, -0.25) is 91.4 Å². The van der Waals surface area contributed by atoms with Gasteiger partial charge >= 0.3 is 5.97 Å². The van der Waals surface area contributed by atoms with Gasteiger partial charge in [0.15, 0.2) is 5.78 Å². The van der Waals surface area contributed by atoms with Gasteiger partial charge in [0.1, 0.15) is 5.78 Å². The molecule has 534 valence electrons. The summed E-state index contributed by atoms with van der Waals surface area (Å²) in [7, 11) is 4.81. The average molecular weight is 1410 g/mol. The topological polar surface area (TPSA) is 505 Å². The first-order chi connectivity index (χ1) is 45.4. The van der Waals surface area contributed by atoms with Crippen LogP contribution >= 0.6 is 37.0 Å². The molecule has 0 aromatic rings. The Morgan fingerprint density at radius 1 is 0.510 bits per heavy atom. The maximum absolute atomic E-state index is 12.5. The Kier molecular flexibility index (Phi) is 36.5. The van der Waals surface area contributed by atoms with Gasteiger partial charge in [0.05, 0.1) is 29.3 Å². The lowest BCUT2D eigenvalue weighted by atomic mass is 9.81. The van der Waals surface area contributed by atoms with Crippen LogP contribution in [0.1, 0.15) is 135 Å². The molecular weight excluding hydrogens is 1310 g/mol. The fraction of sp³-hybridized carbons (Fsp3) is 0.661. The van der Waals surface area contributed by atoms with Crippen LogP contribution in [-0.4, -0.2) is 201 Å². The van der Waals surface area contributed by atoms with E-state index in [0.717, 1.165) is 51.4 Å². The Morgan fingerprint density at radius 2 is 0.896 bits per heavy atom. The third-order valence-electron chi connectivity index (χ3n) is 17.4. The molecule has 5 fully saturated rings. The summed E-state index contributed by atoms with van der Waals surface area (Å²) in [6.45, 7) is 1.28. The zero-order chi connectivity index (χ0) is 71.9. The van der Waals surface area contributed by atoms with E-state index in [2.05, 4.69) is 41.2 Å². The van der Waals surface area contributed by atoms with Crippen LogP contribution in [-0.2, 0) is 86.3 Å². The van der Waals surface area contributed by atoms with Crippen LogP contribution in [0.2, 0.25) is 0 Å². The molecule has 0 aromatic heterocycles. The largest absolute Gasteiger partial charge is 0.370 e. The number of imide groups is 4. The number of thioether (sulfide) groups is 1. The molecule has 0 radical (unpaired) electrons. The summed E-state index contributed by atoms with van der Waals surface area (Å²) in [5, 5.41) is 7.93. The van der Waals surface area contributed by atoms with E-state index in [1.807, 2.05) is 0 Å². The molecule has 7 rings (SSSR count). The van der Waals surface area contributed by atoms with Gasteiger partial charge in [-0.2, -0.15) is 25.3 Å². The number of carbonyl (C=O) groups is 17. The van der Waals surface area contributed by atoms with Gasteiger partial charge in [-0.25, -0.2) is 4.79 Å². The quantitative estimate of drug-likeness (QED) is 0.0307. The molecule has 14 amide bonds. The minimum Gasteiger partial charge on any atom is -0.370 e. The Morgan fingerprint density at radius 3 is 1.27 bits per heavy atom. The molecule has 31 nitrogen and oxygen atoms in total. The summed E-state index contributed by atoms with van der Waals surface area (Å²) >= 11 is 9.02. The molecule has 0 aromatic carbocycles. The molecule has 0 bridgehead atoms. The Balaban J connectivity index is 0.000000321.